The predicted molar refractivity (Wildman–Crippen MR) is 145 cm³/mol. The third-order valence-corrected chi connectivity index (χ3v) is 7.19. The number of benzene rings is 2. The van der Waals surface area contributed by atoms with Crippen LogP contribution in [0.15, 0.2) is 58.9 Å². The van der Waals surface area contributed by atoms with E-state index in [0.717, 1.165) is 17.0 Å². The van der Waals surface area contributed by atoms with Gasteiger partial charge in [-0.1, -0.05) is 24.3 Å². The van der Waals surface area contributed by atoms with E-state index in [4.69, 9.17) is 28.4 Å². The molecule has 0 bridgehead atoms. The maximum atomic E-state index is 14.0. The van der Waals surface area contributed by atoms with Gasteiger partial charge in [-0.15, -0.1) is 0 Å². The normalized spacial score (nSPS) is 18.8. The monoisotopic (exact) mass is 537 g/mol. The van der Waals surface area contributed by atoms with E-state index >= 15 is 0 Å². The van der Waals surface area contributed by atoms with Crippen LogP contribution in [0.4, 0.5) is 0 Å². The van der Waals surface area contributed by atoms with Crippen molar-refractivity contribution in [2.24, 2.45) is 0 Å². The van der Waals surface area contributed by atoms with Gasteiger partial charge in [0.05, 0.1) is 46.5 Å². The molecule has 0 saturated heterocycles. The van der Waals surface area contributed by atoms with Crippen molar-refractivity contribution in [2.75, 3.05) is 48.8 Å². The van der Waals surface area contributed by atoms with Gasteiger partial charge in [-0.05, 0) is 31.0 Å². The summed E-state index contributed by atoms with van der Waals surface area (Å²) in [7, 11) is 7.73. The molecule has 0 spiro atoms. The first kappa shape index (κ1) is 28.0. The molecule has 0 fully saturated rings. The summed E-state index contributed by atoms with van der Waals surface area (Å²) in [6, 6.07) is 11.3. The van der Waals surface area contributed by atoms with E-state index in [0.29, 0.717) is 46.1 Å². The number of ketones is 1. The first-order valence-corrected chi connectivity index (χ1v) is 12.7. The number of dihydropyridines is 1. The number of hydrogen-bond acceptors (Lipinski definition) is 9. The van der Waals surface area contributed by atoms with E-state index in [1.807, 2.05) is 31.2 Å². The lowest BCUT2D eigenvalue weighted by atomic mass is 9.71. The minimum absolute atomic E-state index is 0.0730. The number of rotatable bonds is 10. The average Bonchev–Trinajstić information content (AvgIpc) is 2.95. The van der Waals surface area contributed by atoms with Crippen LogP contribution >= 0.6 is 0 Å². The smallest absolute Gasteiger partial charge is 0.336 e. The molecular weight excluding hydrogens is 502 g/mol. The summed E-state index contributed by atoms with van der Waals surface area (Å²) in [5, 5.41) is 3.36. The van der Waals surface area contributed by atoms with Crippen LogP contribution in [-0.2, 0) is 19.1 Å². The van der Waals surface area contributed by atoms with Crippen LogP contribution in [0.5, 0.6) is 23.0 Å². The molecule has 0 amide bonds. The van der Waals surface area contributed by atoms with Crippen molar-refractivity contribution in [3.63, 3.8) is 0 Å². The number of methoxy groups -OCH3 is 5. The summed E-state index contributed by atoms with van der Waals surface area (Å²) in [5.41, 5.74) is 3.77. The van der Waals surface area contributed by atoms with Crippen LogP contribution in [0.3, 0.4) is 0 Å². The lowest BCUT2D eigenvalue weighted by Gasteiger charge is -2.37. The number of hydrogen-bond donors (Lipinski definition) is 1. The van der Waals surface area contributed by atoms with Crippen LogP contribution in [0, 0.1) is 0 Å². The van der Waals surface area contributed by atoms with Crippen LogP contribution in [-0.4, -0.2) is 60.5 Å². The Morgan fingerprint density at radius 3 is 2.23 bits per heavy atom. The number of nitrogens with one attached hydrogen (secondary N) is 1. The lowest BCUT2D eigenvalue weighted by Crippen LogP contribution is -2.36. The largest absolute Gasteiger partial charge is 0.496 e. The minimum Gasteiger partial charge on any atom is -0.496 e. The van der Waals surface area contributed by atoms with Crippen LogP contribution < -0.4 is 24.3 Å². The molecule has 0 radical (unpaired) electrons. The van der Waals surface area contributed by atoms with Crippen LogP contribution in [0.1, 0.15) is 42.7 Å². The number of Topliss-reactive ketones (excluding diaryl/α,β-unsaturated/α-hetero) is 1. The second kappa shape index (κ2) is 12.3. The zero-order valence-electron chi connectivity index (χ0n) is 23.2. The van der Waals surface area contributed by atoms with Crippen molar-refractivity contribution >= 4 is 11.8 Å². The minimum atomic E-state index is -0.739. The maximum absolute atomic E-state index is 14.0. The first-order chi connectivity index (χ1) is 18.9. The van der Waals surface area contributed by atoms with Crippen molar-refractivity contribution < 1.29 is 38.0 Å². The van der Waals surface area contributed by atoms with E-state index in [1.54, 1.807) is 19.2 Å². The molecule has 0 unspecified atom stereocenters. The summed E-state index contributed by atoms with van der Waals surface area (Å²) in [5.74, 6) is 0.526. The number of ether oxygens (including phenoxy) is 6. The van der Waals surface area contributed by atoms with Crippen molar-refractivity contribution in [3.8, 4) is 23.0 Å². The van der Waals surface area contributed by atoms with Gasteiger partial charge in [0.2, 0.25) is 5.75 Å². The van der Waals surface area contributed by atoms with Gasteiger partial charge in [-0.25, -0.2) is 4.79 Å². The Bertz CT molecular complexity index is 1310. The summed E-state index contributed by atoms with van der Waals surface area (Å²) in [6.45, 7) is 2.15. The van der Waals surface area contributed by atoms with E-state index < -0.39 is 11.9 Å². The first-order valence-electron chi connectivity index (χ1n) is 12.7. The lowest BCUT2D eigenvalue weighted by molar-refractivity contribution is -0.140. The Balaban J connectivity index is 1.87. The Morgan fingerprint density at radius 1 is 0.846 bits per heavy atom. The van der Waals surface area contributed by atoms with E-state index in [2.05, 4.69) is 5.32 Å². The summed E-state index contributed by atoms with van der Waals surface area (Å²) >= 11 is 0. The number of carbonyl (C=O) groups excluding carboxylic acids is 2. The molecule has 2 aromatic carbocycles. The zero-order valence-corrected chi connectivity index (χ0v) is 23.2. The Hall–Kier alpha value is -3.98. The van der Waals surface area contributed by atoms with Gasteiger partial charge in [0.1, 0.15) is 12.4 Å². The standard InChI is InChI=1S/C30H35NO8/c1-17-25(30(33)39-14-13-34-2)26(20-11-12-24(36-4)29(38-6)28(20)37-5)27-21(31-17)15-18(16-22(27)32)19-9-7-8-10-23(19)35-3/h7-12,18,26,31H,13-16H2,1-6H3/t18-,26+/m1/s1. The molecule has 1 aliphatic heterocycles. The highest BCUT2D eigenvalue weighted by molar-refractivity contribution is 6.04. The second-order valence-corrected chi connectivity index (χ2v) is 9.31. The number of allylic oxidation sites excluding steroid dienone is 3. The zero-order chi connectivity index (χ0) is 28.1. The Labute approximate surface area is 228 Å². The molecule has 2 aliphatic rings. The van der Waals surface area contributed by atoms with Gasteiger partial charge in [0.25, 0.3) is 0 Å². The van der Waals surface area contributed by atoms with Gasteiger partial charge < -0.3 is 33.7 Å². The fourth-order valence-corrected chi connectivity index (χ4v) is 5.49. The summed E-state index contributed by atoms with van der Waals surface area (Å²) < 4.78 is 33.1. The highest BCUT2D eigenvalue weighted by Crippen LogP contribution is 2.51. The molecule has 208 valence electrons. The molecule has 1 N–H and O–H groups in total. The van der Waals surface area contributed by atoms with Gasteiger partial charge in [-0.3, -0.25) is 4.79 Å². The van der Waals surface area contributed by atoms with E-state index in [9.17, 15) is 9.59 Å². The van der Waals surface area contributed by atoms with E-state index in [1.165, 1.54) is 28.4 Å². The molecule has 2 atom stereocenters. The van der Waals surface area contributed by atoms with Crippen molar-refractivity contribution in [1.82, 2.24) is 5.32 Å². The third kappa shape index (κ3) is 5.31. The fraction of sp³-hybridized carbons (Fsp3) is 0.400. The summed E-state index contributed by atoms with van der Waals surface area (Å²) in [6.07, 6.45) is 0.828. The topological polar surface area (TPSA) is 102 Å². The molecule has 0 saturated carbocycles. The molecule has 9 nitrogen and oxygen atoms in total. The van der Waals surface area contributed by atoms with Crippen LogP contribution in [0.2, 0.25) is 0 Å². The molecule has 39 heavy (non-hydrogen) atoms. The Morgan fingerprint density at radius 2 is 1.56 bits per heavy atom. The molecule has 0 aromatic heterocycles. The SMILES string of the molecule is COCCOC(=O)C1=C(C)NC2=C(C(=O)C[C@H](c3ccccc3OC)C2)[C@H]1c1ccc(OC)c(OC)c1OC. The molecular formula is C30H35NO8. The molecule has 2 aromatic rings. The van der Waals surface area contributed by atoms with Crippen LogP contribution in [0.25, 0.3) is 0 Å². The molecule has 1 heterocycles. The highest BCUT2D eigenvalue weighted by Gasteiger charge is 2.43. The fourth-order valence-electron chi connectivity index (χ4n) is 5.49. The number of carbonyl (C=O) groups is 2. The highest BCUT2D eigenvalue weighted by atomic mass is 16.6. The molecule has 9 heteroatoms. The van der Waals surface area contributed by atoms with Gasteiger partial charge in [0, 0.05) is 42.0 Å². The van der Waals surface area contributed by atoms with E-state index in [-0.39, 0.29) is 31.3 Å². The van der Waals surface area contributed by atoms with Gasteiger partial charge in [-0.2, -0.15) is 0 Å². The summed E-state index contributed by atoms with van der Waals surface area (Å²) in [4.78, 5) is 27.4. The molecule has 4 rings (SSSR count). The van der Waals surface area contributed by atoms with Crippen molar-refractivity contribution in [3.05, 3.63) is 70.1 Å². The second-order valence-electron chi connectivity index (χ2n) is 9.31. The molecule has 1 aliphatic carbocycles. The van der Waals surface area contributed by atoms with Gasteiger partial charge >= 0.3 is 5.97 Å². The third-order valence-electron chi connectivity index (χ3n) is 7.19. The quantitative estimate of drug-likeness (QED) is 0.352. The maximum Gasteiger partial charge on any atom is 0.336 e. The van der Waals surface area contributed by atoms with Crippen molar-refractivity contribution in [1.29, 1.82) is 0 Å². The Kier molecular flexibility index (Phi) is 8.81. The van der Waals surface area contributed by atoms with Gasteiger partial charge in [0.15, 0.2) is 17.3 Å². The average molecular weight is 538 g/mol. The predicted octanol–water partition coefficient (Wildman–Crippen LogP) is 4.27. The number of esters is 1. The number of para-hydroxylation sites is 1. The van der Waals surface area contributed by atoms with Crippen molar-refractivity contribution in [2.45, 2.75) is 31.6 Å².